The van der Waals surface area contributed by atoms with Gasteiger partial charge in [0.15, 0.2) is 0 Å². The Labute approximate surface area is 114 Å². The van der Waals surface area contributed by atoms with Gasteiger partial charge < -0.3 is 5.32 Å². The van der Waals surface area contributed by atoms with E-state index in [1.54, 1.807) is 24.3 Å². The molecule has 7 heteroatoms. The van der Waals surface area contributed by atoms with Crippen LogP contribution in [0.4, 0.5) is 0 Å². The highest BCUT2D eigenvalue weighted by atomic mass is 79.9. The second-order valence-corrected chi connectivity index (χ2v) is 6.97. The molecule has 5 nitrogen and oxygen atoms in total. The van der Waals surface area contributed by atoms with Gasteiger partial charge in [0.05, 0.1) is 6.26 Å². The molecule has 0 aliphatic carbocycles. The summed E-state index contributed by atoms with van der Waals surface area (Å²) in [7, 11) is -3.41. The molecule has 1 fully saturated rings. The third-order valence-corrected chi connectivity index (χ3v) is 4.55. The first kappa shape index (κ1) is 13.5. The molecule has 2 rings (SSSR count). The molecule has 18 heavy (non-hydrogen) atoms. The Morgan fingerprint density at radius 2 is 1.94 bits per heavy atom. The van der Waals surface area contributed by atoms with Crippen molar-refractivity contribution in [2.24, 2.45) is 0 Å². The summed E-state index contributed by atoms with van der Waals surface area (Å²) in [4.78, 5) is 11.9. The van der Waals surface area contributed by atoms with Gasteiger partial charge in [0.2, 0.25) is 15.9 Å². The number of sulfonamides is 1. The van der Waals surface area contributed by atoms with Gasteiger partial charge >= 0.3 is 0 Å². The summed E-state index contributed by atoms with van der Waals surface area (Å²) in [5.41, 5.74) is 0.667. The van der Waals surface area contributed by atoms with Crippen LogP contribution >= 0.6 is 15.9 Å². The Balaban J connectivity index is 2.42. The van der Waals surface area contributed by atoms with E-state index < -0.39 is 16.1 Å². The highest BCUT2D eigenvalue weighted by molar-refractivity contribution is 9.10. The maximum Gasteiger partial charge on any atom is 0.243 e. The van der Waals surface area contributed by atoms with Crippen LogP contribution in [0.3, 0.4) is 0 Å². The van der Waals surface area contributed by atoms with Crippen molar-refractivity contribution in [2.75, 3.05) is 19.3 Å². The predicted molar refractivity (Wildman–Crippen MR) is 71.4 cm³/mol. The fourth-order valence-corrected chi connectivity index (χ4v) is 3.25. The zero-order valence-corrected chi connectivity index (χ0v) is 12.2. The summed E-state index contributed by atoms with van der Waals surface area (Å²) in [5, 5.41) is 2.69. The lowest BCUT2D eigenvalue weighted by atomic mass is 10.1. The van der Waals surface area contributed by atoms with Crippen LogP contribution in [0.15, 0.2) is 28.7 Å². The minimum atomic E-state index is -3.41. The quantitative estimate of drug-likeness (QED) is 0.874. The highest BCUT2D eigenvalue weighted by Crippen LogP contribution is 2.26. The molecular weight excluding hydrogens is 320 g/mol. The molecule has 1 aliphatic rings. The van der Waals surface area contributed by atoms with Crippen molar-refractivity contribution < 1.29 is 13.2 Å². The number of benzene rings is 1. The van der Waals surface area contributed by atoms with Crippen LogP contribution in [0.2, 0.25) is 0 Å². The molecule has 1 aromatic carbocycles. The summed E-state index contributed by atoms with van der Waals surface area (Å²) in [6.45, 7) is 0.643. The van der Waals surface area contributed by atoms with Crippen LogP contribution in [0.5, 0.6) is 0 Å². The highest BCUT2D eigenvalue weighted by Gasteiger charge is 2.36. The first-order valence-corrected chi connectivity index (χ1v) is 8.04. The third kappa shape index (κ3) is 2.73. The molecule has 1 N–H and O–H groups in total. The van der Waals surface area contributed by atoms with E-state index in [-0.39, 0.29) is 5.91 Å². The molecule has 1 saturated heterocycles. The van der Waals surface area contributed by atoms with Gasteiger partial charge in [0.25, 0.3) is 0 Å². The Kier molecular flexibility index (Phi) is 3.74. The summed E-state index contributed by atoms with van der Waals surface area (Å²) >= 11 is 3.31. The Hall–Kier alpha value is -0.920. The van der Waals surface area contributed by atoms with Crippen LogP contribution < -0.4 is 5.32 Å². The molecule has 0 unspecified atom stereocenters. The number of carbonyl (C=O) groups excluding carboxylic acids is 1. The smallest absolute Gasteiger partial charge is 0.243 e. The monoisotopic (exact) mass is 332 g/mol. The standard InChI is InChI=1S/C11H13BrN2O3S/c1-18(16,17)14-7-6-13-11(15)10(14)8-2-4-9(12)5-3-8/h2-5,10H,6-7H2,1H3,(H,13,15)/t10-/m0/s1. The summed E-state index contributed by atoms with van der Waals surface area (Å²) in [5.74, 6) is -0.283. The van der Waals surface area contributed by atoms with E-state index in [0.29, 0.717) is 18.7 Å². The van der Waals surface area contributed by atoms with Crippen molar-refractivity contribution in [1.82, 2.24) is 9.62 Å². The van der Waals surface area contributed by atoms with Gasteiger partial charge in [0.1, 0.15) is 6.04 Å². The van der Waals surface area contributed by atoms with Crippen LogP contribution in [0.1, 0.15) is 11.6 Å². The molecule has 1 aliphatic heterocycles. The molecule has 0 radical (unpaired) electrons. The van der Waals surface area contributed by atoms with Crippen LogP contribution in [-0.4, -0.2) is 38.0 Å². The van der Waals surface area contributed by atoms with Crippen molar-refractivity contribution in [3.8, 4) is 0 Å². The number of nitrogens with zero attached hydrogens (tertiary/aromatic N) is 1. The maximum absolute atomic E-state index is 11.9. The van der Waals surface area contributed by atoms with Crippen molar-refractivity contribution in [2.45, 2.75) is 6.04 Å². The SMILES string of the molecule is CS(=O)(=O)N1CCNC(=O)[C@@H]1c1ccc(Br)cc1. The summed E-state index contributed by atoms with van der Waals surface area (Å²) in [6.07, 6.45) is 1.12. The molecule has 0 aromatic heterocycles. The van der Waals surface area contributed by atoms with E-state index in [9.17, 15) is 13.2 Å². The molecule has 1 amide bonds. The molecule has 1 aromatic rings. The van der Waals surface area contributed by atoms with E-state index in [0.717, 1.165) is 10.7 Å². The predicted octanol–water partition coefficient (Wildman–Crippen LogP) is 0.882. The number of carbonyl (C=O) groups is 1. The van der Waals surface area contributed by atoms with E-state index in [4.69, 9.17) is 0 Å². The van der Waals surface area contributed by atoms with Gasteiger partial charge in [-0.1, -0.05) is 28.1 Å². The van der Waals surface area contributed by atoms with Crippen molar-refractivity contribution >= 4 is 31.9 Å². The number of piperazine rings is 1. The fraction of sp³-hybridized carbons (Fsp3) is 0.364. The molecule has 0 spiro atoms. The topological polar surface area (TPSA) is 66.5 Å². The van der Waals surface area contributed by atoms with Crippen LogP contribution in [-0.2, 0) is 14.8 Å². The second kappa shape index (κ2) is 4.99. The number of nitrogens with one attached hydrogen (secondary N) is 1. The Morgan fingerprint density at radius 1 is 1.33 bits per heavy atom. The number of halogens is 1. The maximum atomic E-state index is 11.9. The summed E-state index contributed by atoms with van der Waals surface area (Å²) in [6, 6.07) is 6.30. The number of hydrogen-bond acceptors (Lipinski definition) is 3. The van der Waals surface area contributed by atoms with Gasteiger partial charge in [-0.15, -0.1) is 0 Å². The van der Waals surface area contributed by atoms with Crippen molar-refractivity contribution in [3.63, 3.8) is 0 Å². The van der Waals surface area contributed by atoms with Gasteiger partial charge in [-0.2, -0.15) is 4.31 Å². The average molecular weight is 333 g/mol. The molecular formula is C11H13BrN2O3S. The van der Waals surface area contributed by atoms with Gasteiger partial charge in [-0.25, -0.2) is 8.42 Å². The van der Waals surface area contributed by atoms with E-state index in [1.807, 2.05) is 0 Å². The van der Waals surface area contributed by atoms with Gasteiger partial charge in [-0.05, 0) is 17.7 Å². The molecule has 0 bridgehead atoms. The molecule has 98 valence electrons. The van der Waals surface area contributed by atoms with Gasteiger partial charge in [0, 0.05) is 17.6 Å². The first-order chi connectivity index (χ1) is 8.39. The number of amides is 1. The Bertz CT molecular complexity index is 556. The lowest BCUT2D eigenvalue weighted by Gasteiger charge is -2.33. The zero-order chi connectivity index (χ0) is 13.3. The lowest BCUT2D eigenvalue weighted by molar-refractivity contribution is -0.126. The third-order valence-electron chi connectivity index (χ3n) is 2.78. The second-order valence-electron chi connectivity index (χ2n) is 4.12. The summed E-state index contributed by atoms with van der Waals surface area (Å²) < 4.78 is 25.6. The number of hydrogen-bond donors (Lipinski definition) is 1. The minimum absolute atomic E-state index is 0.283. The van der Waals surface area contributed by atoms with E-state index in [1.165, 1.54) is 4.31 Å². The lowest BCUT2D eigenvalue weighted by Crippen LogP contribution is -2.51. The number of rotatable bonds is 2. The Morgan fingerprint density at radius 3 is 2.50 bits per heavy atom. The van der Waals surface area contributed by atoms with E-state index in [2.05, 4.69) is 21.2 Å². The normalized spacial score (nSPS) is 21.7. The van der Waals surface area contributed by atoms with Crippen LogP contribution in [0.25, 0.3) is 0 Å². The zero-order valence-electron chi connectivity index (χ0n) is 9.76. The fourth-order valence-electron chi connectivity index (χ4n) is 1.97. The minimum Gasteiger partial charge on any atom is -0.353 e. The average Bonchev–Trinajstić information content (AvgIpc) is 2.29. The first-order valence-electron chi connectivity index (χ1n) is 5.39. The van der Waals surface area contributed by atoms with Gasteiger partial charge in [-0.3, -0.25) is 4.79 Å². The largest absolute Gasteiger partial charge is 0.353 e. The van der Waals surface area contributed by atoms with Crippen molar-refractivity contribution in [1.29, 1.82) is 0 Å². The van der Waals surface area contributed by atoms with Crippen LogP contribution in [0, 0.1) is 0 Å². The van der Waals surface area contributed by atoms with E-state index >= 15 is 0 Å². The molecule has 0 saturated carbocycles. The van der Waals surface area contributed by atoms with Crippen molar-refractivity contribution in [3.05, 3.63) is 34.3 Å². The molecule has 1 atom stereocenters. The molecule has 1 heterocycles.